The highest BCUT2D eigenvalue weighted by Gasteiger charge is 2.30. The molecule has 2 amide bonds. The van der Waals surface area contributed by atoms with Gasteiger partial charge in [0, 0.05) is 18.8 Å². The molecule has 2 heterocycles. The van der Waals surface area contributed by atoms with Crippen molar-refractivity contribution in [3.8, 4) is 0 Å². The molecule has 0 aliphatic heterocycles. The highest BCUT2D eigenvalue weighted by molar-refractivity contribution is 7.22. The molecule has 0 bridgehead atoms. The van der Waals surface area contributed by atoms with E-state index in [-0.39, 0.29) is 16.3 Å². The average Bonchev–Trinajstić information content (AvgIpc) is 3.00. The molecule has 0 atom stereocenters. The number of alkyl halides is 3. The van der Waals surface area contributed by atoms with Crippen molar-refractivity contribution in [2.24, 2.45) is 0 Å². The molecule has 0 aliphatic rings. The van der Waals surface area contributed by atoms with Gasteiger partial charge in [-0.05, 0) is 30.3 Å². The Morgan fingerprint density at radius 1 is 1.18 bits per heavy atom. The van der Waals surface area contributed by atoms with Crippen molar-refractivity contribution >= 4 is 44.3 Å². The van der Waals surface area contributed by atoms with Gasteiger partial charge in [-0.3, -0.25) is 10.2 Å². The minimum Gasteiger partial charge on any atom is -0.477 e. The molecule has 7 nitrogen and oxygen atoms in total. The predicted molar refractivity (Wildman–Crippen MR) is 96.2 cm³/mol. The van der Waals surface area contributed by atoms with E-state index in [1.165, 1.54) is 13.1 Å². The summed E-state index contributed by atoms with van der Waals surface area (Å²) < 4.78 is 43.1. The van der Waals surface area contributed by atoms with E-state index in [1.54, 1.807) is 0 Å². The zero-order valence-electron chi connectivity index (χ0n) is 14.0. The molecule has 2 aromatic heterocycles. The number of rotatable bonds is 3. The molecular formula is C17H11F3N2O5S. The fourth-order valence-electron chi connectivity index (χ4n) is 2.30. The van der Waals surface area contributed by atoms with E-state index in [9.17, 15) is 27.6 Å². The zero-order valence-corrected chi connectivity index (χ0v) is 14.9. The number of carboxylic acid groups (broad SMARTS) is 1. The molecule has 0 aliphatic carbocycles. The van der Waals surface area contributed by atoms with Crippen LogP contribution in [0.5, 0.6) is 0 Å². The van der Waals surface area contributed by atoms with Crippen LogP contribution in [0.3, 0.4) is 0 Å². The molecule has 0 fully saturated rings. The van der Waals surface area contributed by atoms with Crippen LogP contribution in [0.2, 0.25) is 0 Å². The Bertz CT molecular complexity index is 1120. The molecule has 1 aromatic carbocycles. The first-order valence-corrected chi connectivity index (χ1v) is 8.41. The van der Waals surface area contributed by atoms with Gasteiger partial charge < -0.3 is 9.52 Å². The first-order chi connectivity index (χ1) is 13.1. The summed E-state index contributed by atoms with van der Waals surface area (Å²) in [6.07, 6.45) is -4.48. The van der Waals surface area contributed by atoms with Gasteiger partial charge >= 0.3 is 23.8 Å². The van der Waals surface area contributed by atoms with Crippen molar-refractivity contribution in [1.29, 1.82) is 0 Å². The van der Waals surface area contributed by atoms with Gasteiger partial charge in [-0.1, -0.05) is 0 Å². The first kappa shape index (κ1) is 19.4. The minimum atomic E-state index is -4.48. The van der Waals surface area contributed by atoms with Crippen molar-refractivity contribution in [3.05, 3.63) is 57.9 Å². The number of fused-ring (bicyclic) bond motifs is 1. The summed E-state index contributed by atoms with van der Waals surface area (Å²) >= 11 is 0.981. The average molecular weight is 412 g/mol. The number of amides is 2. The predicted octanol–water partition coefficient (Wildman–Crippen LogP) is 4.24. The van der Waals surface area contributed by atoms with E-state index < -0.39 is 34.9 Å². The maximum atomic E-state index is 12.6. The topological polar surface area (TPSA) is 99.9 Å². The molecule has 3 aromatic rings. The summed E-state index contributed by atoms with van der Waals surface area (Å²) in [6, 6.07) is 5.89. The van der Waals surface area contributed by atoms with Gasteiger partial charge in [-0.2, -0.15) is 13.2 Å². The Labute approximate surface area is 158 Å². The van der Waals surface area contributed by atoms with Gasteiger partial charge in [0.25, 0.3) is 0 Å². The van der Waals surface area contributed by atoms with Crippen LogP contribution in [0.25, 0.3) is 10.3 Å². The second kappa shape index (κ2) is 7.00. The van der Waals surface area contributed by atoms with Crippen LogP contribution < -0.4 is 15.8 Å². The SMILES string of the molecule is CN(C(=O)Nc1cc2oc(=O)c(C(=O)O)cc2s1)c1ccc(C(F)(F)F)cc1. The largest absolute Gasteiger partial charge is 0.477 e. The molecule has 146 valence electrons. The minimum absolute atomic E-state index is 0.104. The number of carboxylic acids is 1. The van der Waals surface area contributed by atoms with E-state index in [0.29, 0.717) is 4.70 Å². The van der Waals surface area contributed by atoms with E-state index in [0.717, 1.165) is 46.6 Å². The van der Waals surface area contributed by atoms with Gasteiger partial charge in [0.05, 0.1) is 10.3 Å². The fraction of sp³-hybridized carbons (Fsp3) is 0.118. The maximum absolute atomic E-state index is 12.6. The van der Waals surface area contributed by atoms with Crippen LogP contribution in [0, 0.1) is 0 Å². The quantitative estimate of drug-likeness (QED) is 0.670. The second-order valence-corrected chi connectivity index (χ2v) is 6.71. The van der Waals surface area contributed by atoms with Gasteiger partial charge in [0.15, 0.2) is 5.58 Å². The molecule has 11 heteroatoms. The summed E-state index contributed by atoms with van der Waals surface area (Å²) in [4.78, 5) is 36.0. The van der Waals surface area contributed by atoms with Crippen LogP contribution in [-0.4, -0.2) is 24.2 Å². The molecular weight excluding hydrogens is 401 g/mol. The molecule has 28 heavy (non-hydrogen) atoms. The van der Waals surface area contributed by atoms with Crippen LogP contribution >= 0.6 is 11.3 Å². The Kier molecular flexibility index (Phi) is 4.86. The third-order valence-electron chi connectivity index (χ3n) is 3.77. The normalized spacial score (nSPS) is 11.4. The lowest BCUT2D eigenvalue weighted by Gasteiger charge is -2.18. The molecule has 2 N–H and O–H groups in total. The third kappa shape index (κ3) is 3.83. The Hall–Kier alpha value is -3.34. The Morgan fingerprint density at radius 2 is 1.82 bits per heavy atom. The summed E-state index contributed by atoms with van der Waals surface area (Å²) in [5.41, 5.74) is -2.05. The Balaban J connectivity index is 1.80. The van der Waals surface area contributed by atoms with Crippen molar-refractivity contribution in [2.75, 3.05) is 17.3 Å². The molecule has 0 spiro atoms. The van der Waals surface area contributed by atoms with E-state index >= 15 is 0 Å². The lowest BCUT2D eigenvalue weighted by atomic mass is 10.2. The highest BCUT2D eigenvalue weighted by Crippen LogP contribution is 2.32. The van der Waals surface area contributed by atoms with Crippen molar-refractivity contribution in [1.82, 2.24) is 0 Å². The van der Waals surface area contributed by atoms with Gasteiger partial charge in [-0.25, -0.2) is 14.4 Å². The number of thiophene rings is 1. The summed E-state index contributed by atoms with van der Waals surface area (Å²) in [5.74, 6) is -1.43. The van der Waals surface area contributed by atoms with Gasteiger partial charge in [0.1, 0.15) is 10.6 Å². The van der Waals surface area contributed by atoms with Crippen molar-refractivity contribution in [3.63, 3.8) is 0 Å². The molecule has 0 saturated heterocycles. The maximum Gasteiger partial charge on any atom is 0.416 e. The number of nitrogens with one attached hydrogen (secondary N) is 1. The van der Waals surface area contributed by atoms with Crippen LogP contribution in [0.15, 0.2) is 45.6 Å². The number of hydrogen-bond donors (Lipinski definition) is 2. The number of urea groups is 1. The van der Waals surface area contributed by atoms with Crippen LogP contribution in [-0.2, 0) is 6.18 Å². The van der Waals surface area contributed by atoms with E-state index in [4.69, 9.17) is 9.52 Å². The fourth-order valence-corrected chi connectivity index (χ4v) is 3.22. The number of carbonyl (C=O) groups is 2. The van der Waals surface area contributed by atoms with Crippen LogP contribution in [0.4, 0.5) is 28.7 Å². The van der Waals surface area contributed by atoms with Gasteiger partial charge in [-0.15, -0.1) is 11.3 Å². The summed E-state index contributed by atoms with van der Waals surface area (Å²) in [6.45, 7) is 0. The highest BCUT2D eigenvalue weighted by atomic mass is 32.1. The molecule has 0 saturated carbocycles. The number of hydrogen-bond acceptors (Lipinski definition) is 5. The first-order valence-electron chi connectivity index (χ1n) is 7.59. The molecule has 0 radical (unpaired) electrons. The van der Waals surface area contributed by atoms with E-state index in [1.807, 2.05) is 0 Å². The standard InChI is InChI=1S/C17H11F3N2O5S/c1-22(9-4-2-8(3-5-9)17(18,19)20)16(26)21-13-7-11-12(28-13)6-10(14(23)24)15(25)27-11/h2-7H,1H3,(H,21,26)(H,23,24). The van der Waals surface area contributed by atoms with Crippen LogP contribution in [0.1, 0.15) is 15.9 Å². The van der Waals surface area contributed by atoms with Gasteiger partial charge in [0.2, 0.25) is 0 Å². The van der Waals surface area contributed by atoms with Crippen molar-refractivity contribution < 1.29 is 32.3 Å². The summed E-state index contributed by atoms with van der Waals surface area (Å²) in [7, 11) is 1.37. The monoisotopic (exact) mass is 412 g/mol. The number of nitrogens with zero attached hydrogens (tertiary/aromatic N) is 1. The number of anilines is 2. The lowest BCUT2D eigenvalue weighted by Crippen LogP contribution is -2.30. The molecule has 3 rings (SSSR count). The number of benzene rings is 1. The second-order valence-electron chi connectivity index (χ2n) is 5.63. The zero-order chi connectivity index (χ0) is 20.6. The Morgan fingerprint density at radius 3 is 2.39 bits per heavy atom. The number of carbonyl (C=O) groups excluding carboxylic acids is 1. The molecule has 0 unspecified atom stereocenters. The smallest absolute Gasteiger partial charge is 0.416 e. The number of aromatic carboxylic acids is 1. The third-order valence-corrected chi connectivity index (χ3v) is 4.75. The van der Waals surface area contributed by atoms with Crippen molar-refractivity contribution in [2.45, 2.75) is 6.18 Å². The van der Waals surface area contributed by atoms with E-state index in [2.05, 4.69) is 5.32 Å². The summed E-state index contributed by atoms with van der Waals surface area (Å²) in [5, 5.41) is 11.7. The lowest BCUT2D eigenvalue weighted by molar-refractivity contribution is -0.137. The number of halogens is 3.